The molecule has 1 amide bonds. The Kier molecular flexibility index (Phi) is 9.46. The van der Waals surface area contributed by atoms with Crippen LogP contribution in [0, 0.1) is 0 Å². The SMILES string of the molecule is CCS(=O)(=O)c1ccccc1C(=O)NCCNC1CCCCCC1.Cl. The normalized spacial score (nSPS) is 15.9. The summed E-state index contributed by atoms with van der Waals surface area (Å²) >= 11 is 0. The fourth-order valence-electron chi connectivity index (χ4n) is 3.11. The quantitative estimate of drug-likeness (QED) is 0.556. The lowest BCUT2D eigenvalue weighted by Crippen LogP contribution is -2.37. The van der Waals surface area contributed by atoms with Crippen LogP contribution in [-0.4, -0.2) is 39.2 Å². The number of nitrogens with one attached hydrogen (secondary N) is 2. The summed E-state index contributed by atoms with van der Waals surface area (Å²) < 4.78 is 24.2. The standard InChI is InChI=1S/C18H28N2O3S.ClH/c1-2-24(22,23)17-12-8-7-11-16(17)18(21)20-14-13-19-15-9-5-3-4-6-10-15;/h7-8,11-12,15,19H,2-6,9-10,13-14H2,1H3,(H,20,21);1H. The van der Waals surface area contributed by atoms with Crippen LogP contribution in [0.3, 0.4) is 0 Å². The second kappa shape index (κ2) is 10.8. The maximum atomic E-state index is 12.3. The molecule has 0 saturated heterocycles. The van der Waals surface area contributed by atoms with Gasteiger partial charge in [0.2, 0.25) is 0 Å². The molecule has 142 valence electrons. The monoisotopic (exact) mass is 388 g/mol. The molecule has 25 heavy (non-hydrogen) atoms. The Morgan fingerprint density at radius 2 is 1.72 bits per heavy atom. The molecule has 1 aromatic carbocycles. The molecular weight excluding hydrogens is 360 g/mol. The summed E-state index contributed by atoms with van der Waals surface area (Å²) in [5.74, 6) is -0.342. The van der Waals surface area contributed by atoms with Gasteiger partial charge in [-0.1, -0.05) is 44.7 Å². The van der Waals surface area contributed by atoms with E-state index in [2.05, 4.69) is 10.6 Å². The van der Waals surface area contributed by atoms with Crippen molar-refractivity contribution in [1.82, 2.24) is 10.6 Å². The molecule has 2 rings (SSSR count). The van der Waals surface area contributed by atoms with E-state index >= 15 is 0 Å². The minimum Gasteiger partial charge on any atom is -0.351 e. The largest absolute Gasteiger partial charge is 0.351 e. The van der Waals surface area contributed by atoms with E-state index in [1.165, 1.54) is 44.6 Å². The highest BCUT2D eigenvalue weighted by Gasteiger charge is 2.20. The van der Waals surface area contributed by atoms with Crippen molar-refractivity contribution in [3.63, 3.8) is 0 Å². The molecule has 0 unspecified atom stereocenters. The van der Waals surface area contributed by atoms with Crippen molar-refractivity contribution in [3.05, 3.63) is 29.8 Å². The number of hydrogen-bond acceptors (Lipinski definition) is 4. The van der Waals surface area contributed by atoms with Gasteiger partial charge in [0, 0.05) is 19.1 Å². The van der Waals surface area contributed by atoms with Crippen LogP contribution in [0.15, 0.2) is 29.2 Å². The van der Waals surface area contributed by atoms with E-state index in [1.807, 2.05) is 0 Å². The van der Waals surface area contributed by atoms with E-state index < -0.39 is 9.84 Å². The summed E-state index contributed by atoms with van der Waals surface area (Å²) in [6, 6.07) is 6.94. The maximum absolute atomic E-state index is 12.3. The van der Waals surface area contributed by atoms with Gasteiger partial charge in [-0.15, -0.1) is 12.4 Å². The van der Waals surface area contributed by atoms with Gasteiger partial charge in [0.25, 0.3) is 5.91 Å². The fraction of sp³-hybridized carbons (Fsp3) is 0.611. The molecule has 0 radical (unpaired) electrons. The number of halogens is 1. The van der Waals surface area contributed by atoms with Gasteiger partial charge in [0.15, 0.2) is 9.84 Å². The summed E-state index contributed by atoms with van der Waals surface area (Å²) in [5.41, 5.74) is 0.230. The molecule has 1 saturated carbocycles. The number of sulfone groups is 1. The number of rotatable bonds is 7. The lowest BCUT2D eigenvalue weighted by Gasteiger charge is -2.16. The Balaban J connectivity index is 0.00000312. The van der Waals surface area contributed by atoms with Crippen molar-refractivity contribution in [2.24, 2.45) is 0 Å². The Hall–Kier alpha value is -1.11. The van der Waals surface area contributed by atoms with Crippen LogP contribution in [0.4, 0.5) is 0 Å². The minimum absolute atomic E-state index is 0. The number of hydrogen-bond donors (Lipinski definition) is 2. The van der Waals surface area contributed by atoms with Crippen LogP contribution >= 0.6 is 12.4 Å². The van der Waals surface area contributed by atoms with Crippen molar-refractivity contribution >= 4 is 28.2 Å². The zero-order valence-electron chi connectivity index (χ0n) is 14.8. The summed E-state index contributed by atoms with van der Waals surface area (Å²) in [5, 5.41) is 6.32. The van der Waals surface area contributed by atoms with Crippen molar-refractivity contribution < 1.29 is 13.2 Å². The predicted octanol–water partition coefficient (Wildman–Crippen LogP) is 2.94. The molecule has 0 bridgehead atoms. The molecule has 5 nitrogen and oxygen atoms in total. The Labute approximate surface area is 157 Å². The van der Waals surface area contributed by atoms with Crippen LogP contribution < -0.4 is 10.6 Å². The molecule has 7 heteroatoms. The highest BCUT2D eigenvalue weighted by atomic mass is 35.5. The van der Waals surface area contributed by atoms with E-state index in [-0.39, 0.29) is 34.5 Å². The zero-order valence-corrected chi connectivity index (χ0v) is 16.4. The average molecular weight is 389 g/mol. The lowest BCUT2D eigenvalue weighted by atomic mass is 10.1. The highest BCUT2D eigenvalue weighted by molar-refractivity contribution is 7.91. The van der Waals surface area contributed by atoms with E-state index in [4.69, 9.17) is 0 Å². The number of benzene rings is 1. The number of carbonyl (C=O) groups excluding carboxylic acids is 1. The first-order valence-corrected chi connectivity index (χ1v) is 10.5. The molecule has 1 aromatic rings. The first kappa shape index (κ1) is 21.9. The van der Waals surface area contributed by atoms with Gasteiger partial charge in [-0.25, -0.2) is 8.42 Å². The summed E-state index contributed by atoms with van der Waals surface area (Å²) in [6.07, 6.45) is 7.57. The van der Waals surface area contributed by atoms with Crippen LogP contribution in [-0.2, 0) is 9.84 Å². The molecule has 2 N–H and O–H groups in total. The van der Waals surface area contributed by atoms with Gasteiger partial charge in [-0.3, -0.25) is 4.79 Å². The third-order valence-electron chi connectivity index (χ3n) is 4.55. The van der Waals surface area contributed by atoms with Gasteiger partial charge in [0.1, 0.15) is 0 Å². The molecule has 1 aliphatic rings. The lowest BCUT2D eigenvalue weighted by molar-refractivity contribution is 0.0950. The van der Waals surface area contributed by atoms with Gasteiger partial charge in [-0.05, 0) is 25.0 Å². The molecule has 1 aliphatic carbocycles. The van der Waals surface area contributed by atoms with E-state index in [0.29, 0.717) is 19.1 Å². The highest BCUT2D eigenvalue weighted by Crippen LogP contribution is 2.18. The van der Waals surface area contributed by atoms with E-state index in [0.717, 1.165) is 0 Å². The molecule has 0 aromatic heterocycles. The minimum atomic E-state index is -3.40. The van der Waals surface area contributed by atoms with Gasteiger partial charge >= 0.3 is 0 Å². The zero-order chi connectivity index (χ0) is 17.4. The first-order valence-electron chi connectivity index (χ1n) is 8.88. The van der Waals surface area contributed by atoms with Crippen LogP contribution in [0.1, 0.15) is 55.8 Å². The smallest absolute Gasteiger partial charge is 0.252 e. The number of amides is 1. The molecule has 0 aliphatic heterocycles. The first-order chi connectivity index (χ1) is 11.5. The van der Waals surface area contributed by atoms with Crippen molar-refractivity contribution in [2.45, 2.75) is 56.4 Å². The molecule has 0 spiro atoms. The fourth-order valence-corrected chi connectivity index (χ4v) is 4.20. The second-order valence-electron chi connectivity index (χ2n) is 6.30. The van der Waals surface area contributed by atoms with Gasteiger partial charge in [0.05, 0.1) is 16.2 Å². The summed E-state index contributed by atoms with van der Waals surface area (Å²) in [6.45, 7) is 2.79. The van der Waals surface area contributed by atoms with Gasteiger partial charge < -0.3 is 10.6 Å². The second-order valence-corrected chi connectivity index (χ2v) is 8.54. The summed E-state index contributed by atoms with van der Waals surface area (Å²) in [4.78, 5) is 12.4. The Morgan fingerprint density at radius 3 is 2.36 bits per heavy atom. The van der Waals surface area contributed by atoms with Crippen molar-refractivity contribution in [1.29, 1.82) is 0 Å². The summed E-state index contributed by atoms with van der Waals surface area (Å²) in [7, 11) is -3.40. The third-order valence-corrected chi connectivity index (χ3v) is 6.33. The molecular formula is C18H29ClN2O3S. The van der Waals surface area contributed by atoms with E-state index in [1.54, 1.807) is 25.1 Å². The topological polar surface area (TPSA) is 75.3 Å². The third kappa shape index (κ3) is 6.60. The van der Waals surface area contributed by atoms with Crippen molar-refractivity contribution in [3.8, 4) is 0 Å². The predicted molar refractivity (Wildman–Crippen MR) is 103 cm³/mol. The maximum Gasteiger partial charge on any atom is 0.252 e. The molecule has 0 atom stereocenters. The van der Waals surface area contributed by atoms with Gasteiger partial charge in [-0.2, -0.15) is 0 Å². The van der Waals surface area contributed by atoms with Crippen LogP contribution in [0.25, 0.3) is 0 Å². The van der Waals surface area contributed by atoms with Crippen molar-refractivity contribution in [2.75, 3.05) is 18.8 Å². The number of carbonyl (C=O) groups is 1. The molecule has 1 fully saturated rings. The van der Waals surface area contributed by atoms with Crippen LogP contribution in [0.5, 0.6) is 0 Å². The van der Waals surface area contributed by atoms with Crippen LogP contribution in [0.2, 0.25) is 0 Å². The Morgan fingerprint density at radius 1 is 1.08 bits per heavy atom. The Bertz CT molecular complexity index is 641. The molecule has 0 heterocycles. The van der Waals surface area contributed by atoms with E-state index in [9.17, 15) is 13.2 Å². The average Bonchev–Trinajstić information content (AvgIpc) is 2.87.